The summed E-state index contributed by atoms with van der Waals surface area (Å²) in [7, 11) is 0. The normalized spacial score (nSPS) is 15.6. The Hall–Kier alpha value is -0.410. The number of unbranched alkanes of at least 4 members (excludes halogenated alkanes) is 2. The molecule has 0 spiro atoms. The van der Waals surface area contributed by atoms with Crippen LogP contribution in [0.3, 0.4) is 0 Å². The number of nitrogens with one attached hydrogen (secondary N) is 1. The first-order valence-electron chi connectivity index (χ1n) is 4.46. The quantitative estimate of drug-likeness (QED) is 0.522. The smallest absolute Gasteiger partial charge is 0.0289 e. The van der Waals surface area contributed by atoms with Gasteiger partial charge < -0.3 is 0 Å². The van der Waals surface area contributed by atoms with Gasteiger partial charge in [-0.05, 0) is 29.9 Å². The molecule has 2 nitrogen and oxygen atoms in total. The van der Waals surface area contributed by atoms with Crippen molar-refractivity contribution >= 4 is 11.9 Å². The molecular formula is C9H16N2S. The van der Waals surface area contributed by atoms with E-state index in [9.17, 15) is 0 Å². The van der Waals surface area contributed by atoms with Crippen LogP contribution < -0.4 is 5.43 Å². The van der Waals surface area contributed by atoms with Crippen LogP contribution in [0.2, 0.25) is 0 Å². The lowest BCUT2D eigenvalue weighted by molar-refractivity contribution is 0.439. The van der Waals surface area contributed by atoms with Crippen LogP contribution in [0.4, 0.5) is 0 Å². The standard InChI is InChI=1S/C9H16N2S/c1-2-3-4-7-10-11-8-5-6-9-12-11/h5-6,8-10H,2-4,7H2,1H3. The van der Waals surface area contributed by atoms with Crippen molar-refractivity contribution in [2.24, 2.45) is 0 Å². The van der Waals surface area contributed by atoms with Crippen LogP contribution in [0.1, 0.15) is 26.2 Å². The van der Waals surface area contributed by atoms with Crippen molar-refractivity contribution in [3.63, 3.8) is 0 Å². The Morgan fingerprint density at radius 3 is 2.92 bits per heavy atom. The Bertz CT molecular complexity index is 166. The van der Waals surface area contributed by atoms with Crippen molar-refractivity contribution in [2.45, 2.75) is 26.2 Å². The molecule has 12 heavy (non-hydrogen) atoms. The summed E-state index contributed by atoms with van der Waals surface area (Å²) in [5.41, 5.74) is 3.31. The summed E-state index contributed by atoms with van der Waals surface area (Å²) in [6.07, 6.45) is 9.95. The lowest BCUT2D eigenvalue weighted by atomic mass is 10.2. The summed E-state index contributed by atoms with van der Waals surface area (Å²) in [6, 6.07) is 0. The first kappa shape index (κ1) is 9.68. The number of rotatable bonds is 5. The van der Waals surface area contributed by atoms with Crippen molar-refractivity contribution in [1.82, 2.24) is 9.84 Å². The highest BCUT2D eigenvalue weighted by molar-refractivity contribution is 7.99. The average Bonchev–Trinajstić information content (AvgIpc) is 2.14. The summed E-state index contributed by atoms with van der Waals surface area (Å²) in [5.74, 6) is 0. The maximum atomic E-state index is 3.31. The molecule has 0 amide bonds. The van der Waals surface area contributed by atoms with Crippen LogP contribution in [0.5, 0.6) is 0 Å². The molecule has 1 aliphatic heterocycles. The van der Waals surface area contributed by atoms with E-state index < -0.39 is 0 Å². The molecule has 1 heterocycles. The summed E-state index contributed by atoms with van der Waals surface area (Å²) in [5, 5.41) is 2.06. The van der Waals surface area contributed by atoms with Crippen LogP contribution in [-0.4, -0.2) is 11.0 Å². The molecule has 0 unspecified atom stereocenters. The fourth-order valence-electron chi connectivity index (χ4n) is 0.963. The lowest BCUT2D eigenvalue weighted by Gasteiger charge is -2.19. The van der Waals surface area contributed by atoms with Gasteiger partial charge in [0, 0.05) is 12.7 Å². The summed E-state index contributed by atoms with van der Waals surface area (Å²) in [6.45, 7) is 3.29. The first-order chi connectivity index (χ1) is 5.93. The van der Waals surface area contributed by atoms with E-state index >= 15 is 0 Å². The second-order valence-corrected chi connectivity index (χ2v) is 3.59. The molecule has 3 heteroatoms. The van der Waals surface area contributed by atoms with Gasteiger partial charge in [-0.15, -0.1) is 0 Å². The van der Waals surface area contributed by atoms with E-state index in [1.54, 1.807) is 11.9 Å². The summed E-state index contributed by atoms with van der Waals surface area (Å²) < 4.78 is 2.04. The number of hydrogen-bond acceptors (Lipinski definition) is 3. The van der Waals surface area contributed by atoms with E-state index in [1.807, 2.05) is 22.8 Å². The van der Waals surface area contributed by atoms with Gasteiger partial charge in [-0.1, -0.05) is 25.8 Å². The first-order valence-corrected chi connectivity index (χ1v) is 5.30. The third-order valence-electron chi connectivity index (χ3n) is 1.63. The van der Waals surface area contributed by atoms with Gasteiger partial charge in [0.1, 0.15) is 0 Å². The van der Waals surface area contributed by atoms with Crippen molar-refractivity contribution in [3.8, 4) is 0 Å². The minimum Gasteiger partial charge on any atom is -0.254 e. The van der Waals surface area contributed by atoms with Crippen LogP contribution in [-0.2, 0) is 0 Å². The van der Waals surface area contributed by atoms with Crippen molar-refractivity contribution in [3.05, 3.63) is 23.8 Å². The molecule has 0 fully saturated rings. The van der Waals surface area contributed by atoms with E-state index in [0.717, 1.165) is 6.54 Å². The van der Waals surface area contributed by atoms with E-state index in [4.69, 9.17) is 0 Å². The molecule has 68 valence electrons. The zero-order chi connectivity index (χ0) is 8.65. The molecule has 0 bridgehead atoms. The molecule has 0 aliphatic carbocycles. The highest BCUT2D eigenvalue weighted by Crippen LogP contribution is 2.12. The van der Waals surface area contributed by atoms with Crippen LogP contribution in [0.15, 0.2) is 23.8 Å². The number of allylic oxidation sites excluding steroid dienone is 2. The van der Waals surface area contributed by atoms with Gasteiger partial charge in [-0.3, -0.25) is 4.41 Å². The minimum atomic E-state index is 1.07. The van der Waals surface area contributed by atoms with Crippen LogP contribution in [0.25, 0.3) is 0 Å². The SMILES string of the molecule is CCCCCNN1C=CC=CS1. The minimum absolute atomic E-state index is 1.07. The third-order valence-corrected chi connectivity index (χ3v) is 2.39. The fourth-order valence-corrected chi connectivity index (χ4v) is 1.56. The number of hydrazine groups is 1. The van der Waals surface area contributed by atoms with Gasteiger partial charge in [-0.2, -0.15) is 0 Å². The van der Waals surface area contributed by atoms with E-state index in [1.165, 1.54) is 19.3 Å². The van der Waals surface area contributed by atoms with Crippen molar-refractivity contribution in [2.75, 3.05) is 6.54 Å². The van der Waals surface area contributed by atoms with Gasteiger partial charge in [0.15, 0.2) is 0 Å². The largest absolute Gasteiger partial charge is 0.254 e. The predicted molar refractivity (Wildman–Crippen MR) is 55.2 cm³/mol. The topological polar surface area (TPSA) is 15.3 Å². The average molecular weight is 184 g/mol. The maximum Gasteiger partial charge on any atom is 0.0289 e. The van der Waals surface area contributed by atoms with Crippen LogP contribution >= 0.6 is 11.9 Å². The Labute approximate surface area is 78.8 Å². The maximum absolute atomic E-state index is 3.31. The zero-order valence-electron chi connectivity index (χ0n) is 7.49. The van der Waals surface area contributed by atoms with Crippen molar-refractivity contribution < 1.29 is 0 Å². The number of nitrogens with zero attached hydrogens (tertiary/aromatic N) is 1. The highest BCUT2D eigenvalue weighted by atomic mass is 32.2. The zero-order valence-corrected chi connectivity index (χ0v) is 8.31. The molecule has 0 aromatic heterocycles. The highest BCUT2D eigenvalue weighted by Gasteiger charge is 1.97. The van der Waals surface area contributed by atoms with Gasteiger partial charge in [0.05, 0.1) is 0 Å². The molecule has 0 saturated carbocycles. The Morgan fingerprint density at radius 1 is 1.33 bits per heavy atom. The van der Waals surface area contributed by atoms with E-state index in [-0.39, 0.29) is 0 Å². The Kier molecular flexibility index (Phi) is 4.95. The molecule has 1 aliphatic rings. The third kappa shape index (κ3) is 3.83. The van der Waals surface area contributed by atoms with Gasteiger partial charge in [0.2, 0.25) is 0 Å². The Morgan fingerprint density at radius 2 is 2.25 bits per heavy atom. The van der Waals surface area contributed by atoms with Gasteiger partial charge in [-0.25, -0.2) is 5.43 Å². The van der Waals surface area contributed by atoms with Crippen molar-refractivity contribution in [1.29, 1.82) is 0 Å². The second-order valence-electron chi connectivity index (χ2n) is 2.72. The second kappa shape index (κ2) is 6.14. The molecule has 0 saturated heterocycles. The fraction of sp³-hybridized carbons (Fsp3) is 0.556. The summed E-state index contributed by atoms with van der Waals surface area (Å²) >= 11 is 1.68. The molecular weight excluding hydrogens is 168 g/mol. The number of hydrogen-bond donors (Lipinski definition) is 1. The molecule has 0 aromatic carbocycles. The van der Waals surface area contributed by atoms with Gasteiger partial charge in [0.25, 0.3) is 0 Å². The summed E-state index contributed by atoms with van der Waals surface area (Å²) in [4.78, 5) is 0. The lowest BCUT2D eigenvalue weighted by Crippen LogP contribution is -2.28. The molecule has 1 N–H and O–H groups in total. The molecule has 0 aromatic rings. The molecule has 1 rings (SSSR count). The Balaban J connectivity index is 2.00. The monoisotopic (exact) mass is 184 g/mol. The molecule has 0 atom stereocenters. The van der Waals surface area contributed by atoms with Crippen LogP contribution in [0, 0.1) is 0 Å². The van der Waals surface area contributed by atoms with E-state index in [0.29, 0.717) is 0 Å². The predicted octanol–water partition coefficient (Wildman–Crippen LogP) is 2.67. The van der Waals surface area contributed by atoms with Gasteiger partial charge >= 0.3 is 0 Å². The molecule has 0 radical (unpaired) electrons. The van der Waals surface area contributed by atoms with E-state index in [2.05, 4.69) is 17.8 Å².